The number of aliphatic hydroxyl groups is 4. The van der Waals surface area contributed by atoms with Gasteiger partial charge >= 0.3 is 36.6 Å². The van der Waals surface area contributed by atoms with Crippen LogP contribution in [-0.4, -0.2) is 113 Å². The quantitative estimate of drug-likeness (QED) is 0.0919. The summed E-state index contributed by atoms with van der Waals surface area (Å²) >= 11 is 0. The van der Waals surface area contributed by atoms with Crippen molar-refractivity contribution in [2.45, 2.75) is 49.0 Å². The van der Waals surface area contributed by atoms with Crippen LogP contribution in [-0.2, 0) is 40.6 Å². The zero-order valence-corrected chi connectivity index (χ0v) is 31.1. The third-order valence-electron chi connectivity index (χ3n) is 6.63. The van der Waals surface area contributed by atoms with Crippen LogP contribution in [0.25, 0.3) is 0 Å². The zero-order valence-electron chi connectivity index (χ0n) is 25.2. The molecule has 1 aromatic heterocycles. The molecule has 2 aliphatic heterocycles. The van der Waals surface area contributed by atoms with E-state index in [4.69, 9.17) is 32.3 Å². The van der Waals surface area contributed by atoms with Crippen LogP contribution in [0.1, 0.15) is 11.7 Å². The summed E-state index contributed by atoms with van der Waals surface area (Å²) < 4.78 is 69.6. The molecule has 2 aliphatic rings. The summed E-state index contributed by atoms with van der Waals surface area (Å²) in [5.41, 5.74) is -2.09. The second-order valence-electron chi connectivity index (χ2n) is 10.3. The lowest BCUT2D eigenvalue weighted by Gasteiger charge is -2.20. The lowest BCUT2D eigenvalue weighted by Crippen LogP contribution is -2.35. The molecular formula is C21H34N2O21P6+2. The van der Waals surface area contributed by atoms with E-state index in [0.29, 0.717) is 5.75 Å². The molecule has 3 heterocycles. The number of hydrogen-bond acceptors (Lipinski definition) is 19. The van der Waals surface area contributed by atoms with Gasteiger partial charge < -0.3 is 54.1 Å². The van der Waals surface area contributed by atoms with Crippen LogP contribution in [0.4, 0.5) is 0 Å². The van der Waals surface area contributed by atoms with Gasteiger partial charge in [-0.3, -0.25) is 18.8 Å². The first-order valence-electron chi connectivity index (χ1n) is 13.7. The SMILES string of the molecule is COc1ccc(O[C@@H]2O[C@H](COP(=O)(O)O[P+](O)(P)O[P+](O)(P)OP(=O)(O)OC[C@H]3O[C@@H](c4c[nH]c(=O)[nH]c4=O)[C@H](O)[C@@H]3O)[C@@H](O)[C@H]2O)cc1. The summed E-state index contributed by atoms with van der Waals surface area (Å²) in [5, 5.41) is 41.1. The van der Waals surface area contributed by atoms with E-state index in [-0.39, 0.29) is 11.3 Å². The fourth-order valence-electron chi connectivity index (χ4n) is 4.39. The summed E-state index contributed by atoms with van der Waals surface area (Å²) in [7, 11) is -15.8. The Bertz CT molecular complexity index is 1680. The Balaban J connectivity index is 1.27. The predicted octanol–water partition coefficient (Wildman–Crippen LogP) is -0.867. The average molecular weight is 836 g/mol. The minimum absolute atomic E-state index is 0.223. The number of phosphoric ester groups is 2. The fraction of sp³-hybridized carbons (Fsp3) is 0.524. The number of aromatic amines is 2. The molecule has 0 amide bonds. The molecule has 2 fully saturated rings. The van der Waals surface area contributed by atoms with Gasteiger partial charge in [0.1, 0.15) is 72.1 Å². The first-order chi connectivity index (χ1) is 23.1. The molecule has 0 saturated carbocycles. The van der Waals surface area contributed by atoms with Crippen LogP contribution >= 0.6 is 48.8 Å². The highest BCUT2D eigenvalue weighted by Crippen LogP contribution is 2.87. The Hall–Kier alpha value is -0.920. The van der Waals surface area contributed by atoms with Gasteiger partial charge in [0.2, 0.25) is 6.29 Å². The summed E-state index contributed by atoms with van der Waals surface area (Å²) in [6.07, 6.45) is -11.8. The molecule has 0 spiro atoms. The van der Waals surface area contributed by atoms with E-state index in [9.17, 15) is 58.7 Å². The molecule has 6 unspecified atom stereocenters. The topological polar surface area (TPSA) is 345 Å². The fourth-order valence-corrected chi connectivity index (χ4v) is 15.5. The molecule has 14 atom stereocenters. The van der Waals surface area contributed by atoms with Gasteiger partial charge in [0.05, 0.1) is 25.9 Å². The Morgan fingerprint density at radius 2 is 1.32 bits per heavy atom. The van der Waals surface area contributed by atoms with Crippen molar-refractivity contribution in [1.82, 2.24) is 9.97 Å². The lowest BCUT2D eigenvalue weighted by atomic mass is 10.0. The van der Waals surface area contributed by atoms with Crippen molar-refractivity contribution in [3.63, 3.8) is 0 Å². The number of aliphatic hydroxyl groups excluding tert-OH is 4. The van der Waals surface area contributed by atoms with Crippen molar-refractivity contribution in [3.8, 4) is 11.5 Å². The van der Waals surface area contributed by atoms with Crippen molar-refractivity contribution < 1.29 is 90.1 Å². The first kappa shape index (κ1) is 41.8. The summed E-state index contributed by atoms with van der Waals surface area (Å²) in [6.45, 7) is -1.89. The van der Waals surface area contributed by atoms with E-state index in [0.717, 1.165) is 6.20 Å². The van der Waals surface area contributed by atoms with Gasteiger partial charge in [0.25, 0.3) is 5.56 Å². The normalized spacial score (nSPS) is 31.7. The van der Waals surface area contributed by atoms with Gasteiger partial charge in [0, 0.05) is 10.5 Å². The Morgan fingerprint density at radius 3 is 1.84 bits per heavy atom. The molecule has 2 saturated heterocycles. The van der Waals surface area contributed by atoms with Crippen molar-refractivity contribution in [1.29, 1.82) is 0 Å². The monoisotopic (exact) mass is 836 g/mol. The molecule has 29 heteroatoms. The van der Waals surface area contributed by atoms with E-state index < -0.39 is 104 Å². The number of aromatic nitrogens is 2. The standard InChI is InChI=1S/C21H32N2O21P6/c1-36-9-2-4-10(5-3-9)39-20-17(27)15(25)13(41-20)8-38-48(32,33)43-50(35,46)44-49(34,45)42-47(30,31)37-7-12-14(24)16(26)18(40-12)11-6-22-21(29)23-19(11)28/h2-6,12-18,20,24-27,34-35H,7-8,45-46H2,1H3,(H2-2,22,23,28,29,30,31,32,33)/p+2/t12-,13-,14-,15-,16-,17-,18+,20-,49?,50?/m1/s1. The number of rotatable bonds is 16. The van der Waals surface area contributed by atoms with Crippen molar-refractivity contribution in [2.75, 3.05) is 20.3 Å². The predicted molar refractivity (Wildman–Crippen MR) is 174 cm³/mol. The van der Waals surface area contributed by atoms with E-state index in [1.54, 1.807) is 12.1 Å². The number of H-pyrrole nitrogens is 2. The minimum Gasteiger partial charge on any atom is -0.497 e. The van der Waals surface area contributed by atoms with Gasteiger partial charge in [-0.25, -0.2) is 13.9 Å². The van der Waals surface area contributed by atoms with Crippen LogP contribution in [0.3, 0.4) is 0 Å². The number of phosphoric acid groups is 2. The molecule has 50 heavy (non-hydrogen) atoms. The van der Waals surface area contributed by atoms with Crippen LogP contribution < -0.4 is 20.7 Å². The first-order valence-corrected chi connectivity index (χ1v) is 23.0. The van der Waals surface area contributed by atoms with E-state index >= 15 is 0 Å². The van der Waals surface area contributed by atoms with Gasteiger partial charge in [-0.1, -0.05) is 8.62 Å². The third-order valence-corrected chi connectivity index (χ3v) is 16.4. The summed E-state index contributed by atoms with van der Waals surface area (Å²) in [6, 6.07) is 6.09. The largest absolute Gasteiger partial charge is 0.511 e. The Morgan fingerprint density at radius 1 is 0.820 bits per heavy atom. The van der Waals surface area contributed by atoms with Gasteiger partial charge in [0.15, 0.2) is 0 Å². The smallest absolute Gasteiger partial charge is 0.497 e. The molecule has 1 aromatic carbocycles. The highest BCUT2D eigenvalue weighted by atomic mass is 32.1. The molecule has 4 rings (SSSR count). The van der Waals surface area contributed by atoms with Gasteiger partial charge in [-0.05, 0) is 24.3 Å². The van der Waals surface area contributed by atoms with E-state index in [1.807, 2.05) is 4.98 Å². The van der Waals surface area contributed by atoms with Crippen molar-refractivity contribution in [2.24, 2.45) is 0 Å². The van der Waals surface area contributed by atoms with Gasteiger partial charge in [-0.2, -0.15) is 9.79 Å². The van der Waals surface area contributed by atoms with Crippen molar-refractivity contribution >= 4 is 48.8 Å². The molecule has 0 radical (unpaired) electrons. The maximum Gasteiger partial charge on any atom is 0.511 e. The van der Waals surface area contributed by atoms with Crippen LogP contribution in [0, 0.1) is 0 Å². The Labute approximate surface area is 286 Å². The second kappa shape index (κ2) is 16.6. The highest BCUT2D eigenvalue weighted by molar-refractivity contribution is 8.25. The van der Waals surface area contributed by atoms with Crippen molar-refractivity contribution in [3.05, 3.63) is 56.9 Å². The summed E-state index contributed by atoms with van der Waals surface area (Å²) in [5.74, 6) is 0.737. The molecule has 0 bridgehead atoms. The van der Waals surface area contributed by atoms with Crippen LogP contribution in [0.15, 0.2) is 40.1 Å². The van der Waals surface area contributed by atoms with Gasteiger partial charge in [-0.15, -0.1) is 0 Å². The molecule has 2 aromatic rings. The number of methoxy groups -OCH3 is 1. The van der Waals surface area contributed by atoms with E-state index in [2.05, 4.69) is 13.6 Å². The third kappa shape index (κ3) is 11.3. The minimum atomic E-state index is -5.38. The number of ether oxygens (including phenoxy) is 4. The Kier molecular flexibility index (Phi) is 13.9. The van der Waals surface area contributed by atoms with E-state index in [1.165, 1.54) is 37.1 Å². The molecule has 282 valence electrons. The zero-order chi connectivity index (χ0) is 37.2. The maximum absolute atomic E-state index is 12.6. The summed E-state index contributed by atoms with van der Waals surface area (Å²) in [4.78, 5) is 68.5. The molecule has 0 aliphatic carbocycles. The molecule has 23 nitrogen and oxygen atoms in total. The number of nitrogens with one attached hydrogen (secondary N) is 2. The molecule has 10 N–H and O–H groups in total. The number of benzene rings is 1. The highest BCUT2D eigenvalue weighted by Gasteiger charge is 2.61. The lowest BCUT2D eigenvalue weighted by molar-refractivity contribution is -0.115. The number of hydrogen-bond donors (Lipinski definition) is 10. The average Bonchev–Trinajstić information content (AvgIpc) is 3.42. The maximum atomic E-state index is 12.6. The molecular weight excluding hydrogens is 802 g/mol. The second-order valence-corrected chi connectivity index (χ2v) is 20.8. The van der Waals surface area contributed by atoms with Crippen LogP contribution in [0.5, 0.6) is 11.5 Å². The van der Waals surface area contributed by atoms with Crippen LogP contribution in [0.2, 0.25) is 0 Å².